The largest absolute Gasteiger partial charge is 0.478 e. The molecule has 0 saturated carbocycles. The van der Waals surface area contributed by atoms with Gasteiger partial charge in [-0.2, -0.15) is 0 Å². The Balaban J connectivity index is 0.000000187. The Morgan fingerprint density at radius 3 is 2.73 bits per heavy atom. The smallest absolute Gasteiger partial charge is 0.337 e. The first-order valence-electron chi connectivity index (χ1n) is 7.85. The van der Waals surface area contributed by atoms with Gasteiger partial charge in [-0.1, -0.05) is 11.6 Å². The average molecular weight is 379 g/mol. The van der Waals surface area contributed by atoms with E-state index in [1.165, 1.54) is 18.1 Å². The quantitative estimate of drug-likeness (QED) is 0.607. The van der Waals surface area contributed by atoms with Crippen LogP contribution in [0.15, 0.2) is 24.3 Å². The third-order valence-electron chi connectivity index (χ3n) is 3.94. The van der Waals surface area contributed by atoms with Crippen molar-refractivity contribution in [2.45, 2.75) is 19.8 Å². The number of nitro groups is 1. The molecule has 8 nitrogen and oxygen atoms in total. The lowest BCUT2D eigenvalue weighted by Crippen LogP contribution is -2.26. The Hall–Kier alpha value is -2.87. The standard InChI is InChI=1S/C10H15N3.C7H4ClNO4/c1-7-6-9(11)8-4-3-5-13(2)10(8)12-7;8-6-2-1-4(9(12)13)3-5(6)7(10)11/h6H,3-5H2,1-2H3,(H2,11,12);1-3H,(H,10,11). The number of hydrogen-bond acceptors (Lipinski definition) is 6. The van der Waals surface area contributed by atoms with Crippen LogP contribution in [0.2, 0.25) is 5.02 Å². The van der Waals surface area contributed by atoms with Gasteiger partial charge in [0.15, 0.2) is 0 Å². The summed E-state index contributed by atoms with van der Waals surface area (Å²) in [5, 5.41) is 18.8. The molecule has 0 fully saturated rings. The summed E-state index contributed by atoms with van der Waals surface area (Å²) in [7, 11) is 2.07. The number of anilines is 2. The van der Waals surface area contributed by atoms with Gasteiger partial charge in [-0.05, 0) is 31.9 Å². The van der Waals surface area contributed by atoms with Crippen molar-refractivity contribution in [2.75, 3.05) is 24.2 Å². The molecule has 1 aliphatic rings. The number of aromatic carboxylic acids is 1. The van der Waals surface area contributed by atoms with Crippen LogP contribution in [0.4, 0.5) is 17.2 Å². The number of carbonyl (C=O) groups is 1. The highest BCUT2D eigenvalue weighted by atomic mass is 35.5. The van der Waals surface area contributed by atoms with E-state index in [4.69, 9.17) is 22.4 Å². The molecule has 0 amide bonds. The second-order valence-corrected chi connectivity index (χ2v) is 6.31. The third-order valence-corrected chi connectivity index (χ3v) is 4.27. The van der Waals surface area contributed by atoms with E-state index in [1.807, 2.05) is 13.0 Å². The van der Waals surface area contributed by atoms with E-state index in [2.05, 4.69) is 16.9 Å². The van der Waals surface area contributed by atoms with Gasteiger partial charge in [-0.3, -0.25) is 10.1 Å². The summed E-state index contributed by atoms with van der Waals surface area (Å²) in [4.78, 5) is 26.8. The summed E-state index contributed by atoms with van der Waals surface area (Å²) < 4.78 is 0. The fourth-order valence-corrected chi connectivity index (χ4v) is 2.87. The van der Waals surface area contributed by atoms with E-state index in [-0.39, 0.29) is 16.3 Å². The van der Waals surface area contributed by atoms with Crippen molar-refractivity contribution in [3.05, 3.63) is 56.2 Å². The third kappa shape index (κ3) is 4.40. The summed E-state index contributed by atoms with van der Waals surface area (Å²) in [6, 6.07) is 5.21. The van der Waals surface area contributed by atoms with Gasteiger partial charge < -0.3 is 15.7 Å². The number of rotatable bonds is 2. The molecule has 2 heterocycles. The first-order chi connectivity index (χ1) is 12.2. The second kappa shape index (κ2) is 8.01. The predicted octanol–water partition coefficient (Wildman–Crippen LogP) is 3.30. The molecule has 3 N–H and O–H groups in total. The number of hydrogen-bond donors (Lipinski definition) is 2. The zero-order chi connectivity index (χ0) is 19.4. The number of fused-ring (bicyclic) bond motifs is 1. The topological polar surface area (TPSA) is 123 Å². The van der Waals surface area contributed by atoms with Gasteiger partial charge in [-0.15, -0.1) is 0 Å². The zero-order valence-corrected chi connectivity index (χ0v) is 15.2. The van der Waals surface area contributed by atoms with Crippen LogP contribution in [0.1, 0.15) is 28.0 Å². The Morgan fingerprint density at radius 1 is 1.42 bits per heavy atom. The Labute approximate surface area is 155 Å². The minimum atomic E-state index is -1.28. The number of pyridine rings is 1. The maximum absolute atomic E-state index is 10.5. The molecule has 3 rings (SSSR count). The van der Waals surface area contributed by atoms with Crippen molar-refractivity contribution in [3.8, 4) is 0 Å². The van der Waals surface area contributed by atoms with Gasteiger partial charge in [0.25, 0.3) is 5.69 Å². The summed E-state index contributed by atoms with van der Waals surface area (Å²) in [6.45, 7) is 3.07. The molecule has 26 heavy (non-hydrogen) atoms. The minimum Gasteiger partial charge on any atom is -0.478 e. The normalized spacial score (nSPS) is 12.7. The first kappa shape index (κ1) is 19.5. The molecule has 138 valence electrons. The summed E-state index contributed by atoms with van der Waals surface area (Å²) in [5.74, 6) is -0.211. The van der Waals surface area contributed by atoms with Crippen LogP contribution < -0.4 is 10.6 Å². The van der Waals surface area contributed by atoms with Crippen molar-refractivity contribution in [1.29, 1.82) is 0 Å². The number of nitrogens with zero attached hydrogens (tertiary/aromatic N) is 3. The molecule has 0 radical (unpaired) electrons. The van der Waals surface area contributed by atoms with Gasteiger partial charge in [0.05, 0.1) is 15.5 Å². The SMILES string of the molecule is Cc1cc(N)c2c(n1)N(C)CCC2.O=C(O)c1cc([N+](=O)[O-])ccc1Cl. The lowest BCUT2D eigenvalue weighted by Gasteiger charge is -2.27. The van der Waals surface area contributed by atoms with Crippen LogP contribution in [0.5, 0.6) is 0 Å². The molecule has 2 aromatic rings. The van der Waals surface area contributed by atoms with Crippen molar-refractivity contribution >= 4 is 34.8 Å². The van der Waals surface area contributed by atoms with Crippen LogP contribution in [-0.4, -0.2) is 34.6 Å². The van der Waals surface area contributed by atoms with Gasteiger partial charge in [-0.25, -0.2) is 9.78 Å². The zero-order valence-electron chi connectivity index (χ0n) is 14.4. The van der Waals surface area contributed by atoms with Crippen molar-refractivity contribution in [1.82, 2.24) is 4.98 Å². The molecule has 1 aliphatic heterocycles. The molecule has 0 atom stereocenters. The van der Waals surface area contributed by atoms with Gasteiger partial charge in [0.2, 0.25) is 0 Å². The molecule has 0 spiro atoms. The number of halogens is 1. The summed E-state index contributed by atoms with van der Waals surface area (Å²) in [5.41, 5.74) is 8.50. The molecule has 0 bridgehead atoms. The van der Waals surface area contributed by atoms with Crippen LogP contribution in [-0.2, 0) is 6.42 Å². The lowest BCUT2D eigenvalue weighted by molar-refractivity contribution is -0.384. The van der Waals surface area contributed by atoms with Gasteiger partial charge in [0, 0.05) is 42.7 Å². The Bertz CT molecular complexity index is 857. The molecular weight excluding hydrogens is 360 g/mol. The lowest BCUT2D eigenvalue weighted by atomic mass is 10.0. The fourth-order valence-electron chi connectivity index (χ4n) is 2.67. The number of nitrogens with two attached hydrogens (primary N) is 1. The highest BCUT2D eigenvalue weighted by Crippen LogP contribution is 2.28. The number of aromatic nitrogens is 1. The fraction of sp³-hybridized carbons (Fsp3) is 0.294. The van der Waals surface area contributed by atoms with Crippen LogP contribution in [0.3, 0.4) is 0 Å². The van der Waals surface area contributed by atoms with E-state index in [1.54, 1.807) is 0 Å². The molecule has 0 unspecified atom stereocenters. The van der Waals surface area contributed by atoms with Crippen LogP contribution in [0, 0.1) is 17.0 Å². The van der Waals surface area contributed by atoms with E-state index >= 15 is 0 Å². The summed E-state index contributed by atoms with van der Waals surface area (Å²) in [6.07, 6.45) is 2.25. The number of carboxylic acid groups (broad SMARTS) is 1. The van der Waals surface area contributed by atoms with Crippen LogP contribution >= 0.6 is 11.6 Å². The van der Waals surface area contributed by atoms with Crippen LogP contribution in [0.25, 0.3) is 0 Å². The number of benzene rings is 1. The average Bonchev–Trinajstić information content (AvgIpc) is 2.56. The number of carboxylic acids is 1. The van der Waals surface area contributed by atoms with Gasteiger partial charge in [0.1, 0.15) is 5.82 Å². The maximum atomic E-state index is 10.5. The monoisotopic (exact) mass is 378 g/mol. The van der Waals surface area contributed by atoms with E-state index in [0.717, 1.165) is 42.3 Å². The molecule has 1 aromatic heterocycles. The summed E-state index contributed by atoms with van der Waals surface area (Å²) >= 11 is 5.49. The number of aryl methyl sites for hydroxylation is 1. The van der Waals surface area contributed by atoms with E-state index in [0.29, 0.717) is 0 Å². The van der Waals surface area contributed by atoms with E-state index < -0.39 is 10.9 Å². The van der Waals surface area contributed by atoms with Crippen molar-refractivity contribution in [2.24, 2.45) is 0 Å². The second-order valence-electron chi connectivity index (χ2n) is 5.91. The minimum absolute atomic E-state index is 0.0156. The highest BCUT2D eigenvalue weighted by Gasteiger charge is 2.17. The van der Waals surface area contributed by atoms with Gasteiger partial charge >= 0.3 is 5.97 Å². The Morgan fingerprint density at radius 2 is 2.12 bits per heavy atom. The first-order valence-corrected chi connectivity index (χ1v) is 8.23. The molecule has 0 saturated heterocycles. The van der Waals surface area contributed by atoms with E-state index in [9.17, 15) is 14.9 Å². The van der Waals surface area contributed by atoms with Crippen molar-refractivity contribution in [3.63, 3.8) is 0 Å². The number of non-ortho nitro benzene ring substituents is 1. The highest BCUT2D eigenvalue weighted by molar-refractivity contribution is 6.33. The molecular formula is C17H19ClN4O4. The maximum Gasteiger partial charge on any atom is 0.337 e. The molecule has 9 heteroatoms. The number of nitrogen functional groups attached to an aromatic ring is 1. The molecule has 1 aromatic carbocycles. The Kier molecular flexibility index (Phi) is 5.99. The molecule has 0 aliphatic carbocycles. The predicted molar refractivity (Wildman–Crippen MR) is 100 cm³/mol. The number of nitro benzene ring substituents is 1. The van der Waals surface area contributed by atoms with Crippen molar-refractivity contribution < 1.29 is 14.8 Å².